The van der Waals surface area contributed by atoms with Crippen LogP contribution in [0, 0.1) is 0 Å². The predicted molar refractivity (Wildman–Crippen MR) is 88.8 cm³/mol. The second-order valence-electron chi connectivity index (χ2n) is 5.39. The largest absolute Gasteiger partial charge is 0.454 e. The van der Waals surface area contributed by atoms with Crippen LogP contribution in [0.5, 0.6) is 11.5 Å². The molecule has 0 saturated carbocycles. The van der Waals surface area contributed by atoms with Gasteiger partial charge in [0.1, 0.15) is 5.82 Å². The van der Waals surface area contributed by atoms with Crippen LogP contribution in [0.1, 0.15) is 12.7 Å². The maximum atomic E-state index is 12.6. The third kappa shape index (κ3) is 2.54. The number of imidazole rings is 1. The average molecular weight is 345 g/mol. The SMILES string of the molecule is CCc1nc2ccc(NS(=O)(=O)c3ccc4c(c3)OCO4)cc2[nH]1. The summed E-state index contributed by atoms with van der Waals surface area (Å²) in [5, 5.41) is 0. The number of aryl methyl sites for hydroxylation is 1. The summed E-state index contributed by atoms with van der Waals surface area (Å²) in [5.41, 5.74) is 2.06. The minimum Gasteiger partial charge on any atom is -0.454 e. The number of nitrogens with one attached hydrogen (secondary N) is 2. The first-order valence-corrected chi connectivity index (χ1v) is 8.94. The molecule has 2 aromatic carbocycles. The summed E-state index contributed by atoms with van der Waals surface area (Å²) in [6.07, 6.45) is 0.785. The van der Waals surface area contributed by atoms with Gasteiger partial charge in [-0.05, 0) is 30.3 Å². The summed E-state index contributed by atoms with van der Waals surface area (Å²) in [4.78, 5) is 7.68. The molecule has 8 heteroatoms. The number of hydrogen-bond acceptors (Lipinski definition) is 5. The van der Waals surface area contributed by atoms with Crippen LogP contribution in [0.4, 0.5) is 5.69 Å². The molecule has 7 nitrogen and oxygen atoms in total. The fourth-order valence-electron chi connectivity index (χ4n) is 2.55. The number of sulfonamides is 1. The number of rotatable bonds is 4. The van der Waals surface area contributed by atoms with Crippen LogP contribution < -0.4 is 14.2 Å². The predicted octanol–water partition coefficient (Wildman–Crippen LogP) is 2.65. The van der Waals surface area contributed by atoms with Crippen LogP contribution >= 0.6 is 0 Å². The number of H-pyrrole nitrogens is 1. The average Bonchev–Trinajstić information content (AvgIpc) is 3.19. The molecular weight excluding hydrogens is 330 g/mol. The van der Waals surface area contributed by atoms with E-state index in [4.69, 9.17) is 9.47 Å². The highest BCUT2D eigenvalue weighted by Crippen LogP contribution is 2.34. The van der Waals surface area contributed by atoms with Gasteiger partial charge in [-0.2, -0.15) is 0 Å². The van der Waals surface area contributed by atoms with Crippen LogP contribution in [0.25, 0.3) is 11.0 Å². The molecule has 0 spiro atoms. The van der Waals surface area contributed by atoms with Crippen LogP contribution in [0.3, 0.4) is 0 Å². The lowest BCUT2D eigenvalue weighted by molar-refractivity contribution is 0.174. The van der Waals surface area contributed by atoms with E-state index in [0.717, 1.165) is 23.3 Å². The highest BCUT2D eigenvalue weighted by molar-refractivity contribution is 7.92. The summed E-state index contributed by atoms with van der Waals surface area (Å²) in [6, 6.07) is 9.72. The Bertz CT molecular complexity index is 1030. The van der Waals surface area contributed by atoms with Gasteiger partial charge in [0.15, 0.2) is 11.5 Å². The van der Waals surface area contributed by atoms with Crippen LogP contribution in [-0.2, 0) is 16.4 Å². The van der Waals surface area contributed by atoms with Crippen molar-refractivity contribution >= 4 is 26.7 Å². The van der Waals surface area contributed by atoms with Crippen molar-refractivity contribution in [2.24, 2.45) is 0 Å². The zero-order valence-corrected chi connectivity index (χ0v) is 13.7. The second kappa shape index (κ2) is 5.41. The van der Waals surface area contributed by atoms with Crippen molar-refractivity contribution in [1.82, 2.24) is 9.97 Å². The quantitative estimate of drug-likeness (QED) is 0.758. The zero-order chi connectivity index (χ0) is 16.7. The summed E-state index contributed by atoms with van der Waals surface area (Å²) in [7, 11) is -3.72. The molecule has 0 bridgehead atoms. The van der Waals surface area contributed by atoms with Gasteiger partial charge < -0.3 is 14.5 Å². The standard InChI is InChI=1S/C16H15N3O4S/c1-2-16-17-12-5-3-10(7-13(12)18-16)19-24(20,21)11-4-6-14-15(8-11)23-9-22-14/h3-8,19H,2,9H2,1H3,(H,17,18). The Hall–Kier alpha value is -2.74. The van der Waals surface area contributed by atoms with Crippen molar-refractivity contribution in [3.8, 4) is 11.5 Å². The molecule has 2 N–H and O–H groups in total. The van der Waals surface area contributed by atoms with Crippen LogP contribution in [-0.4, -0.2) is 25.2 Å². The molecule has 0 fully saturated rings. The number of fused-ring (bicyclic) bond motifs is 2. The van der Waals surface area contributed by atoms with Crippen molar-refractivity contribution in [2.45, 2.75) is 18.2 Å². The van der Waals surface area contributed by atoms with Gasteiger partial charge in [-0.15, -0.1) is 0 Å². The minimum absolute atomic E-state index is 0.0997. The lowest BCUT2D eigenvalue weighted by Crippen LogP contribution is -2.12. The normalized spacial score (nSPS) is 13.4. The van der Waals surface area contributed by atoms with E-state index < -0.39 is 10.0 Å². The molecule has 0 amide bonds. The van der Waals surface area contributed by atoms with Crippen molar-refractivity contribution < 1.29 is 17.9 Å². The Balaban J connectivity index is 1.66. The van der Waals surface area contributed by atoms with E-state index in [1.54, 1.807) is 24.3 Å². The van der Waals surface area contributed by atoms with E-state index in [9.17, 15) is 8.42 Å². The van der Waals surface area contributed by atoms with Crippen molar-refractivity contribution in [1.29, 1.82) is 0 Å². The Labute approximate surface area is 138 Å². The Morgan fingerprint density at radius 1 is 1.17 bits per heavy atom. The van der Waals surface area contributed by atoms with Gasteiger partial charge in [0, 0.05) is 12.5 Å². The molecule has 124 valence electrons. The fraction of sp³-hybridized carbons (Fsp3) is 0.188. The summed E-state index contributed by atoms with van der Waals surface area (Å²) >= 11 is 0. The van der Waals surface area contributed by atoms with Crippen LogP contribution in [0.2, 0.25) is 0 Å². The van der Waals surface area contributed by atoms with E-state index in [0.29, 0.717) is 17.2 Å². The molecule has 2 heterocycles. The first-order valence-electron chi connectivity index (χ1n) is 7.46. The number of ether oxygens (including phenoxy) is 2. The van der Waals surface area contributed by atoms with Crippen molar-refractivity contribution in [3.05, 3.63) is 42.2 Å². The lowest BCUT2D eigenvalue weighted by Gasteiger charge is -2.08. The molecule has 0 unspecified atom stereocenters. The molecule has 1 aliphatic heterocycles. The molecule has 0 aliphatic carbocycles. The molecule has 4 rings (SSSR count). The lowest BCUT2D eigenvalue weighted by atomic mass is 10.3. The Kier molecular flexibility index (Phi) is 3.34. The Morgan fingerprint density at radius 2 is 2.00 bits per heavy atom. The molecule has 3 aromatic rings. The minimum atomic E-state index is -3.72. The van der Waals surface area contributed by atoms with Gasteiger partial charge in [-0.3, -0.25) is 4.72 Å². The smallest absolute Gasteiger partial charge is 0.262 e. The number of aromatic amines is 1. The number of anilines is 1. The summed E-state index contributed by atoms with van der Waals surface area (Å²) in [5.74, 6) is 1.83. The van der Waals surface area contributed by atoms with E-state index >= 15 is 0 Å². The van der Waals surface area contributed by atoms with Crippen LogP contribution in [0.15, 0.2) is 41.3 Å². The number of benzene rings is 2. The third-order valence-corrected chi connectivity index (χ3v) is 5.15. The highest BCUT2D eigenvalue weighted by atomic mass is 32.2. The van der Waals surface area contributed by atoms with E-state index in [-0.39, 0.29) is 11.7 Å². The van der Waals surface area contributed by atoms with E-state index in [1.165, 1.54) is 12.1 Å². The maximum Gasteiger partial charge on any atom is 0.262 e. The molecular formula is C16H15N3O4S. The van der Waals surface area contributed by atoms with E-state index in [1.807, 2.05) is 6.92 Å². The zero-order valence-electron chi connectivity index (χ0n) is 12.9. The van der Waals surface area contributed by atoms with Gasteiger partial charge in [0.25, 0.3) is 10.0 Å². The summed E-state index contributed by atoms with van der Waals surface area (Å²) in [6.45, 7) is 2.10. The molecule has 1 aliphatic rings. The highest BCUT2D eigenvalue weighted by Gasteiger charge is 2.20. The van der Waals surface area contributed by atoms with Gasteiger partial charge in [-0.25, -0.2) is 13.4 Å². The van der Waals surface area contributed by atoms with Crippen molar-refractivity contribution in [2.75, 3.05) is 11.5 Å². The number of aromatic nitrogens is 2. The Morgan fingerprint density at radius 3 is 2.83 bits per heavy atom. The second-order valence-corrected chi connectivity index (χ2v) is 7.07. The molecule has 0 atom stereocenters. The fourth-order valence-corrected chi connectivity index (χ4v) is 3.62. The number of nitrogens with zero attached hydrogens (tertiary/aromatic N) is 1. The third-order valence-electron chi connectivity index (χ3n) is 3.77. The van der Waals surface area contributed by atoms with Gasteiger partial charge >= 0.3 is 0 Å². The molecule has 24 heavy (non-hydrogen) atoms. The van der Waals surface area contributed by atoms with Gasteiger partial charge in [0.05, 0.1) is 21.6 Å². The van der Waals surface area contributed by atoms with Crippen molar-refractivity contribution in [3.63, 3.8) is 0 Å². The van der Waals surface area contributed by atoms with E-state index in [2.05, 4.69) is 14.7 Å². The monoisotopic (exact) mass is 345 g/mol. The van der Waals surface area contributed by atoms with Gasteiger partial charge in [0.2, 0.25) is 6.79 Å². The molecule has 1 aromatic heterocycles. The molecule has 0 saturated heterocycles. The first-order chi connectivity index (χ1) is 11.5. The van der Waals surface area contributed by atoms with Gasteiger partial charge in [-0.1, -0.05) is 6.92 Å². The topological polar surface area (TPSA) is 93.3 Å². The first kappa shape index (κ1) is 14.8. The summed E-state index contributed by atoms with van der Waals surface area (Å²) < 4.78 is 38.1. The number of hydrogen-bond donors (Lipinski definition) is 2. The maximum absolute atomic E-state index is 12.6. The molecule has 0 radical (unpaired) electrons.